The molecule has 2 rings (SSSR count). The molecule has 2 aromatic rings. The van der Waals surface area contributed by atoms with E-state index in [1.807, 2.05) is 0 Å². The Morgan fingerprint density at radius 2 is 1.07 bits per heavy atom. The van der Waals surface area contributed by atoms with Gasteiger partial charge in [-0.15, -0.1) is 0 Å². The van der Waals surface area contributed by atoms with E-state index in [4.69, 9.17) is 10.2 Å². The molecule has 8 heteroatoms. The predicted molar refractivity (Wildman–Crippen MR) is 104 cm³/mol. The highest BCUT2D eigenvalue weighted by Crippen LogP contribution is 2.29. The van der Waals surface area contributed by atoms with Crippen molar-refractivity contribution in [1.29, 1.82) is 0 Å². The highest BCUT2D eigenvalue weighted by atomic mass is 16.4. The number of hydrogen-bond acceptors (Lipinski definition) is 4. The van der Waals surface area contributed by atoms with Gasteiger partial charge < -0.3 is 20.8 Å². The lowest BCUT2D eigenvalue weighted by molar-refractivity contribution is -0.132. The van der Waals surface area contributed by atoms with E-state index in [-0.39, 0.29) is 11.1 Å². The molecule has 28 heavy (non-hydrogen) atoms. The van der Waals surface area contributed by atoms with Gasteiger partial charge >= 0.3 is 11.9 Å². The van der Waals surface area contributed by atoms with Crippen LogP contribution in [-0.2, 0) is 19.2 Å². The zero-order valence-corrected chi connectivity index (χ0v) is 15.1. The van der Waals surface area contributed by atoms with Gasteiger partial charge in [0, 0.05) is 45.4 Å². The van der Waals surface area contributed by atoms with Crippen LogP contribution >= 0.6 is 0 Å². The van der Waals surface area contributed by atoms with Gasteiger partial charge in [-0.3, -0.25) is 9.59 Å². The normalized spacial score (nSPS) is 11.8. The minimum Gasteiger partial charge on any atom is -0.478 e. The molecular weight excluding hydrogens is 364 g/mol. The molecule has 0 aliphatic rings. The number of rotatable bonds is 6. The third kappa shape index (κ3) is 5.04. The number of aliphatic carboxylic acids is 2. The minimum atomic E-state index is -1.22. The first-order valence-corrected chi connectivity index (χ1v) is 8.16. The van der Waals surface area contributed by atoms with E-state index >= 15 is 0 Å². The molecular formula is C20H18N2O6. The quantitative estimate of drug-likeness (QED) is 0.568. The smallest absolute Gasteiger partial charge is 0.328 e. The van der Waals surface area contributed by atoms with Crippen molar-refractivity contribution in [2.45, 2.75) is 13.8 Å². The number of carbonyl (C=O) groups is 4. The van der Waals surface area contributed by atoms with Gasteiger partial charge in [-0.25, -0.2) is 9.59 Å². The molecule has 2 aromatic carbocycles. The second kappa shape index (κ2) is 8.63. The van der Waals surface area contributed by atoms with Crippen molar-refractivity contribution in [3.63, 3.8) is 0 Å². The first-order chi connectivity index (χ1) is 13.2. The largest absolute Gasteiger partial charge is 0.478 e. The number of carboxylic acids is 2. The van der Waals surface area contributed by atoms with Gasteiger partial charge in [0.25, 0.3) is 11.8 Å². The lowest BCUT2D eigenvalue weighted by Gasteiger charge is -2.13. The highest BCUT2D eigenvalue weighted by Gasteiger charge is 2.12. The number of anilines is 2. The number of carboxylic acid groups (broad SMARTS) is 2. The monoisotopic (exact) mass is 382 g/mol. The molecule has 8 nitrogen and oxygen atoms in total. The summed E-state index contributed by atoms with van der Waals surface area (Å²) in [6, 6.07) is 10.1. The number of carbonyl (C=O) groups excluding carboxylic acids is 2. The van der Waals surface area contributed by atoms with Crippen LogP contribution < -0.4 is 10.6 Å². The molecule has 2 amide bonds. The van der Waals surface area contributed by atoms with Crippen LogP contribution in [0.3, 0.4) is 0 Å². The van der Waals surface area contributed by atoms with Crippen LogP contribution in [0.1, 0.15) is 13.8 Å². The first-order valence-electron chi connectivity index (χ1n) is 8.16. The molecule has 0 fully saturated rings. The summed E-state index contributed by atoms with van der Waals surface area (Å²) in [4.78, 5) is 45.8. The first kappa shape index (κ1) is 20.4. The zero-order chi connectivity index (χ0) is 20.8. The van der Waals surface area contributed by atoms with Crippen LogP contribution in [0.2, 0.25) is 0 Å². The van der Waals surface area contributed by atoms with Crippen LogP contribution in [-0.4, -0.2) is 34.0 Å². The molecule has 0 saturated carbocycles. The molecule has 0 bridgehead atoms. The van der Waals surface area contributed by atoms with Crippen molar-refractivity contribution in [1.82, 2.24) is 0 Å². The molecule has 144 valence electrons. The zero-order valence-electron chi connectivity index (χ0n) is 15.1. The lowest BCUT2D eigenvalue weighted by atomic mass is 10.1. The Balaban J connectivity index is 2.37. The van der Waals surface area contributed by atoms with Gasteiger partial charge in [0.05, 0.1) is 0 Å². The SMILES string of the molecule is C/C(=C\C(=O)O)C(=O)Nc1cccc2c(NC(=O)/C(C)=C/C(=O)O)cccc12. The van der Waals surface area contributed by atoms with Gasteiger partial charge in [-0.1, -0.05) is 24.3 Å². The number of benzene rings is 2. The van der Waals surface area contributed by atoms with E-state index in [9.17, 15) is 19.2 Å². The van der Waals surface area contributed by atoms with Gasteiger partial charge in [0.1, 0.15) is 0 Å². The summed E-state index contributed by atoms with van der Waals surface area (Å²) in [6.45, 7) is 2.77. The summed E-state index contributed by atoms with van der Waals surface area (Å²) in [6.07, 6.45) is 1.62. The van der Waals surface area contributed by atoms with E-state index in [0.29, 0.717) is 22.1 Å². The average Bonchev–Trinajstić information content (AvgIpc) is 2.61. The van der Waals surface area contributed by atoms with Gasteiger partial charge in [-0.05, 0) is 26.0 Å². The van der Waals surface area contributed by atoms with E-state index < -0.39 is 23.8 Å². The van der Waals surface area contributed by atoms with E-state index in [0.717, 1.165) is 12.2 Å². The van der Waals surface area contributed by atoms with Crippen LogP contribution in [0.4, 0.5) is 11.4 Å². The summed E-state index contributed by atoms with van der Waals surface area (Å²) in [5.41, 5.74) is 0.941. The fourth-order valence-corrected chi connectivity index (χ4v) is 2.47. The Kier molecular flexibility index (Phi) is 6.28. The molecule has 0 spiro atoms. The van der Waals surface area contributed by atoms with Gasteiger partial charge in [-0.2, -0.15) is 0 Å². The number of fused-ring (bicyclic) bond motifs is 1. The van der Waals surface area contributed by atoms with E-state index in [2.05, 4.69) is 10.6 Å². The van der Waals surface area contributed by atoms with E-state index in [1.54, 1.807) is 36.4 Å². The summed E-state index contributed by atoms with van der Waals surface area (Å²) in [5.74, 6) is -3.57. The van der Waals surface area contributed by atoms with Crippen molar-refractivity contribution in [3.8, 4) is 0 Å². The molecule has 0 aliphatic carbocycles. The fraction of sp³-hybridized carbons (Fsp3) is 0.100. The standard InChI is InChI=1S/C20H18N2O6/c1-11(9-17(23)24)19(27)21-15-7-3-6-14-13(15)5-4-8-16(14)22-20(28)12(2)10-18(25)26/h3-10H,1-2H3,(H,21,27)(H,22,28)(H,23,24)(H,25,26)/b11-9+,12-10+. The third-order valence-electron chi connectivity index (χ3n) is 3.81. The molecule has 0 radical (unpaired) electrons. The average molecular weight is 382 g/mol. The third-order valence-corrected chi connectivity index (χ3v) is 3.81. The Hall–Kier alpha value is -3.94. The molecule has 0 unspecified atom stereocenters. The van der Waals surface area contributed by atoms with Gasteiger partial charge in [0.2, 0.25) is 0 Å². The van der Waals surface area contributed by atoms with Crippen molar-refractivity contribution >= 4 is 45.9 Å². The molecule has 0 saturated heterocycles. The summed E-state index contributed by atoms with van der Waals surface area (Å²) < 4.78 is 0. The fourth-order valence-electron chi connectivity index (χ4n) is 2.47. The lowest BCUT2D eigenvalue weighted by Crippen LogP contribution is -2.15. The maximum absolute atomic E-state index is 12.2. The maximum Gasteiger partial charge on any atom is 0.328 e. The second-order valence-electron chi connectivity index (χ2n) is 5.95. The molecule has 0 atom stereocenters. The Morgan fingerprint density at radius 1 is 0.714 bits per heavy atom. The maximum atomic E-state index is 12.2. The molecule has 0 aromatic heterocycles. The van der Waals surface area contributed by atoms with Crippen LogP contribution in [0.25, 0.3) is 10.8 Å². The van der Waals surface area contributed by atoms with E-state index in [1.165, 1.54) is 13.8 Å². The highest BCUT2D eigenvalue weighted by molar-refractivity contribution is 6.14. The molecule has 4 N–H and O–H groups in total. The summed E-state index contributed by atoms with van der Waals surface area (Å²) >= 11 is 0. The van der Waals surface area contributed by atoms with Gasteiger partial charge in [0.15, 0.2) is 0 Å². The molecule has 0 aliphatic heterocycles. The Bertz CT molecular complexity index is 953. The minimum absolute atomic E-state index is 0.0309. The van der Waals surface area contributed by atoms with Crippen molar-refractivity contribution in [3.05, 3.63) is 59.7 Å². The van der Waals surface area contributed by atoms with Crippen molar-refractivity contribution in [2.75, 3.05) is 10.6 Å². The predicted octanol–water partition coefficient (Wildman–Crippen LogP) is 2.78. The summed E-state index contributed by atoms with van der Waals surface area (Å²) in [5, 5.41) is 24.0. The van der Waals surface area contributed by atoms with Crippen molar-refractivity contribution < 1.29 is 29.4 Å². The number of hydrogen-bond donors (Lipinski definition) is 4. The Morgan fingerprint density at radius 3 is 1.39 bits per heavy atom. The van der Waals surface area contributed by atoms with Crippen LogP contribution in [0.15, 0.2) is 59.7 Å². The number of amides is 2. The second-order valence-corrected chi connectivity index (χ2v) is 5.95. The van der Waals surface area contributed by atoms with Crippen molar-refractivity contribution in [2.24, 2.45) is 0 Å². The summed E-state index contributed by atoms with van der Waals surface area (Å²) in [7, 11) is 0. The molecule has 0 heterocycles. The van der Waals surface area contributed by atoms with Crippen LogP contribution in [0, 0.1) is 0 Å². The topological polar surface area (TPSA) is 133 Å². The van der Waals surface area contributed by atoms with Crippen LogP contribution in [0.5, 0.6) is 0 Å². The Labute approximate surface area is 160 Å². The number of nitrogens with one attached hydrogen (secondary N) is 2.